The van der Waals surface area contributed by atoms with Crippen molar-refractivity contribution in [2.24, 2.45) is 7.05 Å². The molecule has 0 atom stereocenters. The van der Waals surface area contributed by atoms with Crippen LogP contribution < -0.4 is 9.64 Å². The molecule has 146 valence electrons. The number of hydrogen-bond donors (Lipinski definition) is 0. The lowest BCUT2D eigenvalue weighted by Crippen LogP contribution is -2.48. The highest BCUT2D eigenvalue weighted by Gasteiger charge is 2.43. The summed E-state index contributed by atoms with van der Waals surface area (Å²) in [4.78, 5) is 20.7. The molecule has 3 aromatic rings. The normalized spacial score (nSPS) is 14.5. The molecule has 0 spiro atoms. The first-order valence-corrected chi connectivity index (χ1v) is 12.1. The van der Waals surface area contributed by atoms with Gasteiger partial charge in [-0.05, 0) is 32.0 Å². The Labute approximate surface area is 180 Å². The SMILES string of the molecule is COc1ccc2c(c1)-c1c(ssc1=S)C(C)(C)N2C(=O)CSc1nccn1C. The molecule has 0 saturated carbocycles. The number of benzene rings is 1. The second-order valence-electron chi connectivity index (χ2n) is 6.94. The minimum Gasteiger partial charge on any atom is -0.497 e. The fraction of sp³-hybridized carbons (Fsp3) is 0.316. The van der Waals surface area contributed by atoms with Crippen molar-refractivity contribution in [2.45, 2.75) is 24.5 Å². The van der Waals surface area contributed by atoms with Gasteiger partial charge >= 0.3 is 0 Å². The van der Waals surface area contributed by atoms with E-state index in [0.717, 1.165) is 36.4 Å². The largest absolute Gasteiger partial charge is 0.497 e. The number of carbonyl (C=O) groups is 1. The molecule has 28 heavy (non-hydrogen) atoms. The molecule has 0 fully saturated rings. The van der Waals surface area contributed by atoms with Gasteiger partial charge in [-0.25, -0.2) is 4.98 Å². The average molecular weight is 450 g/mol. The lowest BCUT2D eigenvalue weighted by Gasteiger charge is -2.43. The maximum absolute atomic E-state index is 13.4. The molecule has 1 aliphatic rings. The predicted octanol–water partition coefficient (Wildman–Crippen LogP) is 5.32. The van der Waals surface area contributed by atoms with Gasteiger partial charge in [0.1, 0.15) is 9.57 Å². The van der Waals surface area contributed by atoms with E-state index in [1.807, 2.05) is 40.9 Å². The van der Waals surface area contributed by atoms with Gasteiger partial charge in [-0.1, -0.05) is 44.7 Å². The van der Waals surface area contributed by atoms with Crippen LogP contribution in [0, 0.1) is 3.82 Å². The molecule has 1 aliphatic heterocycles. The van der Waals surface area contributed by atoms with Crippen LogP contribution in [0.3, 0.4) is 0 Å². The van der Waals surface area contributed by atoms with Gasteiger partial charge in [0.2, 0.25) is 5.91 Å². The summed E-state index contributed by atoms with van der Waals surface area (Å²) in [7, 11) is 6.81. The quantitative estimate of drug-likeness (QED) is 0.306. The van der Waals surface area contributed by atoms with Crippen LogP contribution in [0.25, 0.3) is 11.1 Å². The highest BCUT2D eigenvalue weighted by atomic mass is 32.9. The third-order valence-electron chi connectivity index (χ3n) is 4.81. The number of amides is 1. The number of imidazole rings is 1. The Morgan fingerprint density at radius 2 is 2.14 bits per heavy atom. The van der Waals surface area contributed by atoms with Crippen molar-refractivity contribution >= 4 is 56.3 Å². The van der Waals surface area contributed by atoms with Gasteiger partial charge < -0.3 is 14.2 Å². The Balaban J connectivity index is 1.78. The van der Waals surface area contributed by atoms with E-state index in [0.29, 0.717) is 5.75 Å². The minimum atomic E-state index is -0.478. The minimum absolute atomic E-state index is 0.0411. The molecule has 0 N–H and O–H groups in total. The molecule has 1 aromatic carbocycles. The van der Waals surface area contributed by atoms with Gasteiger partial charge in [-0.2, -0.15) is 0 Å². The van der Waals surface area contributed by atoms with Crippen molar-refractivity contribution in [2.75, 3.05) is 17.8 Å². The van der Waals surface area contributed by atoms with E-state index in [4.69, 9.17) is 17.0 Å². The lowest BCUT2D eigenvalue weighted by molar-refractivity contribution is -0.117. The van der Waals surface area contributed by atoms with Crippen molar-refractivity contribution < 1.29 is 9.53 Å². The maximum Gasteiger partial charge on any atom is 0.238 e. The summed E-state index contributed by atoms with van der Waals surface area (Å²) >= 11 is 7.07. The Hall–Kier alpha value is -1.68. The first-order chi connectivity index (χ1) is 13.3. The monoisotopic (exact) mass is 449 g/mol. The Bertz CT molecular complexity index is 1110. The van der Waals surface area contributed by atoms with Crippen LogP contribution in [0.5, 0.6) is 5.75 Å². The molecule has 0 aliphatic carbocycles. The second kappa shape index (κ2) is 7.29. The lowest BCUT2D eigenvalue weighted by atomic mass is 9.87. The highest BCUT2D eigenvalue weighted by Crippen LogP contribution is 2.52. The molecule has 1 amide bonds. The van der Waals surface area contributed by atoms with Crippen LogP contribution in [-0.4, -0.2) is 28.3 Å². The zero-order valence-corrected chi connectivity index (χ0v) is 19.2. The van der Waals surface area contributed by atoms with Gasteiger partial charge in [0.15, 0.2) is 5.16 Å². The predicted molar refractivity (Wildman–Crippen MR) is 119 cm³/mol. The summed E-state index contributed by atoms with van der Waals surface area (Å²) in [5.74, 6) is 1.11. The Morgan fingerprint density at radius 3 is 2.82 bits per heavy atom. The average Bonchev–Trinajstić information content (AvgIpc) is 3.26. The summed E-state index contributed by atoms with van der Waals surface area (Å²) in [5, 5.41) is 0.824. The number of fused-ring (bicyclic) bond motifs is 3. The number of methoxy groups -OCH3 is 1. The number of ether oxygens (including phenoxy) is 1. The van der Waals surface area contributed by atoms with Crippen molar-refractivity contribution in [1.82, 2.24) is 9.55 Å². The molecular formula is C19H19N3O2S4. The van der Waals surface area contributed by atoms with Gasteiger partial charge in [0.25, 0.3) is 0 Å². The van der Waals surface area contributed by atoms with E-state index in [9.17, 15) is 4.79 Å². The van der Waals surface area contributed by atoms with Crippen LogP contribution in [0.15, 0.2) is 35.7 Å². The molecule has 9 heteroatoms. The fourth-order valence-electron chi connectivity index (χ4n) is 3.46. The van der Waals surface area contributed by atoms with Crippen LogP contribution >= 0.6 is 44.7 Å². The van der Waals surface area contributed by atoms with Crippen LogP contribution in [0.2, 0.25) is 0 Å². The number of thioether (sulfide) groups is 1. The molecule has 5 nitrogen and oxygen atoms in total. The smallest absolute Gasteiger partial charge is 0.238 e. The van der Waals surface area contributed by atoms with Gasteiger partial charge in [0, 0.05) is 30.6 Å². The van der Waals surface area contributed by atoms with Crippen LogP contribution in [-0.2, 0) is 17.4 Å². The molecule has 0 saturated heterocycles. The van der Waals surface area contributed by atoms with Gasteiger partial charge in [0.05, 0.1) is 29.0 Å². The van der Waals surface area contributed by atoms with Crippen LogP contribution in [0.4, 0.5) is 5.69 Å². The van der Waals surface area contributed by atoms with Gasteiger partial charge in [-0.3, -0.25) is 4.79 Å². The van der Waals surface area contributed by atoms with Crippen molar-refractivity contribution in [3.8, 4) is 16.9 Å². The van der Waals surface area contributed by atoms with E-state index < -0.39 is 5.54 Å². The Kier molecular flexibility index (Phi) is 5.11. The molecule has 0 unspecified atom stereocenters. The second-order valence-corrected chi connectivity index (χ2v) is 10.7. The standard InChI is InChI=1S/C19H19N3O2S4/c1-19(2)16-15(17(25)28-27-16)12-9-11(24-4)5-6-13(12)22(19)14(23)10-26-18-20-7-8-21(18)3/h5-9H,10H2,1-4H3. The third-order valence-corrected chi connectivity index (χ3v) is 9.18. The van der Waals surface area contributed by atoms with Crippen molar-refractivity contribution in [3.05, 3.63) is 39.3 Å². The maximum atomic E-state index is 13.4. The first-order valence-electron chi connectivity index (χ1n) is 8.59. The number of carbonyl (C=O) groups excluding carboxylic acids is 1. The third kappa shape index (κ3) is 3.10. The van der Waals surface area contributed by atoms with E-state index >= 15 is 0 Å². The number of aryl methyl sites for hydroxylation is 1. The van der Waals surface area contributed by atoms with E-state index in [-0.39, 0.29) is 5.91 Å². The zero-order chi connectivity index (χ0) is 20.1. The number of rotatable bonds is 4. The van der Waals surface area contributed by atoms with Crippen LogP contribution in [0.1, 0.15) is 18.7 Å². The molecular weight excluding hydrogens is 430 g/mol. The Morgan fingerprint density at radius 1 is 1.36 bits per heavy atom. The summed E-state index contributed by atoms with van der Waals surface area (Å²) < 4.78 is 8.20. The molecule has 0 radical (unpaired) electrons. The fourth-order valence-corrected chi connectivity index (χ4v) is 7.53. The zero-order valence-electron chi connectivity index (χ0n) is 15.9. The summed E-state index contributed by atoms with van der Waals surface area (Å²) in [5.41, 5.74) is 2.42. The first kappa shape index (κ1) is 19.6. The summed E-state index contributed by atoms with van der Waals surface area (Å²) in [6, 6.07) is 5.83. The summed E-state index contributed by atoms with van der Waals surface area (Å²) in [6.07, 6.45) is 3.62. The summed E-state index contributed by atoms with van der Waals surface area (Å²) in [6.45, 7) is 4.17. The highest BCUT2D eigenvalue weighted by molar-refractivity contribution is 7.99. The van der Waals surface area contributed by atoms with Crippen molar-refractivity contribution in [1.29, 1.82) is 0 Å². The molecule has 2 aromatic heterocycles. The molecule has 0 bridgehead atoms. The van der Waals surface area contributed by atoms with Gasteiger partial charge in [-0.15, -0.1) is 0 Å². The number of anilines is 1. The number of aromatic nitrogens is 2. The topological polar surface area (TPSA) is 47.4 Å². The molecule has 4 rings (SSSR count). The van der Waals surface area contributed by atoms with Crippen molar-refractivity contribution in [3.63, 3.8) is 0 Å². The van der Waals surface area contributed by atoms with E-state index in [1.54, 1.807) is 34.0 Å². The number of hydrogen-bond acceptors (Lipinski definition) is 7. The van der Waals surface area contributed by atoms with E-state index in [2.05, 4.69) is 18.8 Å². The molecule has 3 heterocycles. The number of nitrogens with zero attached hydrogens (tertiary/aromatic N) is 3. The van der Waals surface area contributed by atoms with E-state index in [1.165, 1.54) is 11.8 Å².